The Hall–Kier alpha value is -3.12. The summed E-state index contributed by atoms with van der Waals surface area (Å²) in [6, 6.07) is 21.9. The molecule has 0 spiro atoms. The van der Waals surface area contributed by atoms with Crippen LogP contribution in [0.25, 0.3) is 0 Å². The zero-order valence-electron chi connectivity index (χ0n) is 20.6. The highest BCUT2D eigenvalue weighted by Gasteiger charge is 2.28. The van der Waals surface area contributed by atoms with E-state index in [1.165, 1.54) is 4.31 Å². The zero-order valence-corrected chi connectivity index (χ0v) is 21.4. The molecule has 1 unspecified atom stereocenters. The lowest BCUT2D eigenvalue weighted by Crippen LogP contribution is -2.42. The van der Waals surface area contributed by atoms with E-state index in [-0.39, 0.29) is 23.4 Å². The van der Waals surface area contributed by atoms with Crippen molar-refractivity contribution in [2.75, 3.05) is 10.8 Å². The van der Waals surface area contributed by atoms with Crippen molar-refractivity contribution in [3.8, 4) is 0 Å². The molecular formula is C28H34N2O3S. The van der Waals surface area contributed by atoms with Crippen LogP contribution in [0.1, 0.15) is 48.6 Å². The summed E-state index contributed by atoms with van der Waals surface area (Å²) in [5.41, 5.74) is 4.31. The van der Waals surface area contributed by atoms with E-state index in [4.69, 9.17) is 0 Å². The molecule has 3 aromatic rings. The Bertz CT molecular complexity index is 1200. The summed E-state index contributed by atoms with van der Waals surface area (Å²) >= 11 is 0. The average Bonchev–Trinajstić information content (AvgIpc) is 2.77. The zero-order chi connectivity index (χ0) is 24.9. The van der Waals surface area contributed by atoms with E-state index >= 15 is 0 Å². The summed E-state index contributed by atoms with van der Waals surface area (Å²) in [6.07, 6.45) is 0.754. The number of aryl methyl sites for hydroxylation is 3. The molecule has 34 heavy (non-hydrogen) atoms. The molecule has 1 amide bonds. The average molecular weight is 479 g/mol. The van der Waals surface area contributed by atoms with Gasteiger partial charge in [0.15, 0.2) is 0 Å². The minimum atomic E-state index is -3.95. The van der Waals surface area contributed by atoms with Crippen LogP contribution in [0, 0.1) is 26.7 Å². The molecule has 5 nitrogen and oxygen atoms in total. The van der Waals surface area contributed by atoms with Crippen LogP contribution in [0.15, 0.2) is 77.7 Å². The summed E-state index contributed by atoms with van der Waals surface area (Å²) in [7, 11) is -3.95. The lowest BCUT2D eigenvalue weighted by atomic mass is 9.97. The standard InChI is InChI=1S/C28H34N2O3S/c1-20(2)15-27(24-9-7-6-8-10-24)29-28(31)19-30(25-17-22(4)16-23(5)18-25)34(32,33)26-13-11-21(3)12-14-26/h6-14,16-18,20,27H,15,19H2,1-5H3,(H,29,31). The van der Waals surface area contributed by atoms with Crippen LogP contribution in [-0.2, 0) is 14.8 Å². The number of nitrogens with one attached hydrogen (secondary N) is 1. The molecule has 0 heterocycles. The number of anilines is 1. The highest BCUT2D eigenvalue weighted by molar-refractivity contribution is 7.92. The molecule has 6 heteroatoms. The topological polar surface area (TPSA) is 66.5 Å². The first kappa shape index (κ1) is 25.5. The fourth-order valence-electron chi connectivity index (χ4n) is 4.05. The maximum atomic E-state index is 13.7. The van der Waals surface area contributed by atoms with Crippen LogP contribution in [0.2, 0.25) is 0 Å². The predicted octanol–water partition coefficient (Wildman–Crippen LogP) is 5.71. The van der Waals surface area contributed by atoms with E-state index in [0.29, 0.717) is 11.6 Å². The van der Waals surface area contributed by atoms with Gasteiger partial charge in [-0.15, -0.1) is 0 Å². The van der Waals surface area contributed by atoms with Crippen molar-refractivity contribution in [2.24, 2.45) is 5.92 Å². The minimum absolute atomic E-state index is 0.159. The van der Waals surface area contributed by atoms with E-state index in [1.54, 1.807) is 36.4 Å². The molecule has 0 aliphatic carbocycles. The molecule has 1 N–H and O–H groups in total. The number of benzene rings is 3. The molecular weight excluding hydrogens is 444 g/mol. The monoisotopic (exact) mass is 478 g/mol. The van der Waals surface area contributed by atoms with Gasteiger partial charge < -0.3 is 5.32 Å². The Morgan fingerprint density at radius 3 is 2.00 bits per heavy atom. The number of nitrogens with zero attached hydrogens (tertiary/aromatic N) is 1. The maximum Gasteiger partial charge on any atom is 0.264 e. The van der Waals surface area contributed by atoms with Gasteiger partial charge in [-0.05, 0) is 74.1 Å². The van der Waals surface area contributed by atoms with Gasteiger partial charge in [-0.1, -0.05) is 67.9 Å². The Kier molecular flexibility index (Phi) is 8.15. The van der Waals surface area contributed by atoms with Crippen molar-refractivity contribution in [3.63, 3.8) is 0 Å². The molecule has 0 radical (unpaired) electrons. The van der Waals surface area contributed by atoms with Gasteiger partial charge in [0.05, 0.1) is 16.6 Å². The number of carbonyl (C=O) groups excluding carboxylic acids is 1. The van der Waals surface area contributed by atoms with Gasteiger partial charge in [-0.25, -0.2) is 8.42 Å². The SMILES string of the molecule is Cc1ccc(S(=O)(=O)N(CC(=O)NC(CC(C)C)c2ccccc2)c2cc(C)cc(C)c2)cc1. The molecule has 0 fully saturated rings. The van der Waals surface area contributed by atoms with Crippen molar-refractivity contribution in [3.05, 3.63) is 95.1 Å². The normalized spacial score (nSPS) is 12.4. The molecule has 0 aromatic heterocycles. The van der Waals surface area contributed by atoms with Gasteiger partial charge in [0.2, 0.25) is 5.91 Å². The van der Waals surface area contributed by atoms with E-state index in [2.05, 4.69) is 19.2 Å². The van der Waals surface area contributed by atoms with E-state index in [1.807, 2.05) is 57.2 Å². The number of carbonyl (C=O) groups is 1. The Labute approximate surface area is 203 Å². The Morgan fingerprint density at radius 1 is 0.853 bits per heavy atom. The quantitative estimate of drug-likeness (QED) is 0.428. The third-order valence-electron chi connectivity index (χ3n) is 5.63. The van der Waals surface area contributed by atoms with Gasteiger partial charge in [0, 0.05) is 0 Å². The first-order valence-corrected chi connectivity index (χ1v) is 13.0. The van der Waals surface area contributed by atoms with E-state index < -0.39 is 10.0 Å². The van der Waals surface area contributed by atoms with Crippen molar-refractivity contribution >= 4 is 21.6 Å². The smallest absolute Gasteiger partial charge is 0.264 e. The lowest BCUT2D eigenvalue weighted by molar-refractivity contribution is -0.120. The molecule has 0 aliphatic heterocycles. The molecule has 180 valence electrons. The second kappa shape index (κ2) is 10.9. The molecule has 0 saturated heterocycles. The largest absolute Gasteiger partial charge is 0.348 e. The van der Waals surface area contributed by atoms with Crippen LogP contribution in [-0.4, -0.2) is 20.9 Å². The summed E-state index contributed by atoms with van der Waals surface area (Å²) in [5.74, 6) is 0.0154. The van der Waals surface area contributed by atoms with Gasteiger partial charge in [0.25, 0.3) is 10.0 Å². The Morgan fingerprint density at radius 2 is 1.44 bits per heavy atom. The van der Waals surface area contributed by atoms with Crippen LogP contribution in [0.5, 0.6) is 0 Å². The number of rotatable bonds is 9. The number of hydrogen-bond donors (Lipinski definition) is 1. The molecule has 1 atom stereocenters. The number of amides is 1. The summed E-state index contributed by atoms with van der Waals surface area (Å²) in [6.45, 7) is 9.64. The predicted molar refractivity (Wildman–Crippen MR) is 138 cm³/mol. The number of hydrogen-bond acceptors (Lipinski definition) is 3. The van der Waals surface area contributed by atoms with Crippen LogP contribution >= 0.6 is 0 Å². The van der Waals surface area contributed by atoms with Crippen molar-refractivity contribution in [1.29, 1.82) is 0 Å². The van der Waals surface area contributed by atoms with Crippen molar-refractivity contribution in [2.45, 2.75) is 52.0 Å². The van der Waals surface area contributed by atoms with Crippen molar-refractivity contribution in [1.82, 2.24) is 5.32 Å². The van der Waals surface area contributed by atoms with Gasteiger partial charge in [-0.2, -0.15) is 0 Å². The Balaban J connectivity index is 1.96. The first-order chi connectivity index (χ1) is 16.1. The molecule has 3 aromatic carbocycles. The van der Waals surface area contributed by atoms with Gasteiger partial charge in [0.1, 0.15) is 6.54 Å². The molecule has 0 saturated carbocycles. The van der Waals surface area contributed by atoms with E-state index in [0.717, 1.165) is 28.7 Å². The summed E-state index contributed by atoms with van der Waals surface area (Å²) < 4.78 is 28.6. The maximum absolute atomic E-state index is 13.7. The second-order valence-electron chi connectivity index (χ2n) is 9.33. The fourth-order valence-corrected chi connectivity index (χ4v) is 5.46. The van der Waals surface area contributed by atoms with Gasteiger partial charge in [-0.3, -0.25) is 9.10 Å². The second-order valence-corrected chi connectivity index (χ2v) is 11.2. The third-order valence-corrected chi connectivity index (χ3v) is 7.42. The summed E-state index contributed by atoms with van der Waals surface area (Å²) in [4.78, 5) is 13.4. The van der Waals surface area contributed by atoms with Crippen LogP contribution in [0.3, 0.4) is 0 Å². The first-order valence-electron chi connectivity index (χ1n) is 11.6. The van der Waals surface area contributed by atoms with Gasteiger partial charge >= 0.3 is 0 Å². The van der Waals surface area contributed by atoms with Crippen LogP contribution < -0.4 is 9.62 Å². The van der Waals surface area contributed by atoms with Crippen LogP contribution in [0.4, 0.5) is 5.69 Å². The summed E-state index contributed by atoms with van der Waals surface area (Å²) in [5, 5.41) is 3.08. The number of sulfonamides is 1. The molecule has 3 rings (SSSR count). The molecule has 0 aliphatic rings. The van der Waals surface area contributed by atoms with Crippen molar-refractivity contribution < 1.29 is 13.2 Å². The molecule has 0 bridgehead atoms. The lowest BCUT2D eigenvalue weighted by Gasteiger charge is -2.27. The highest BCUT2D eigenvalue weighted by Crippen LogP contribution is 2.27. The third kappa shape index (κ3) is 6.48. The minimum Gasteiger partial charge on any atom is -0.348 e. The van der Waals surface area contributed by atoms with E-state index in [9.17, 15) is 13.2 Å². The highest BCUT2D eigenvalue weighted by atomic mass is 32.2. The fraction of sp³-hybridized carbons (Fsp3) is 0.321.